The smallest absolute Gasteiger partial charge is 0.307 e. The van der Waals surface area contributed by atoms with Crippen LogP contribution < -0.4 is 0 Å². The van der Waals surface area contributed by atoms with E-state index >= 15 is 0 Å². The quantitative estimate of drug-likeness (QED) is 0.631. The van der Waals surface area contributed by atoms with E-state index in [0.29, 0.717) is 5.92 Å². The Balaban J connectivity index is 2.78. The van der Waals surface area contributed by atoms with Crippen molar-refractivity contribution in [2.75, 3.05) is 0 Å². The van der Waals surface area contributed by atoms with Crippen LogP contribution in [0.4, 0.5) is 0 Å². The van der Waals surface area contributed by atoms with Gasteiger partial charge >= 0.3 is 5.97 Å². The zero-order valence-corrected chi connectivity index (χ0v) is 7.42. The predicted molar refractivity (Wildman–Crippen MR) is 43.3 cm³/mol. The largest absolute Gasteiger partial charge is 0.481 e. The average Bonchev–Trinajstić information content (AvgIpc) is 2.08. The molecule has 0 aliphatic heterocycles. The lowest BCUT2D eigenvalue weighted by Crippen LogP contribution is -2.29. The first-order valence-electron chi connectivity index (χ1n) is 4.19. The molecule has 0 heterocycles. The van der Waals surface area contributed by atoms with Crippen molar-refractivity contribution in [3.8, 4) is 0 Å². The van der Waals surface area contributed by atoms with Crippen molar-refractivity contribution in [2.45, 2.75) is 33.6 Å². The average molecular weight is 156 g/mol. The molecule has 0 aromatic rings. The van der Waals surface area contributed by atoms with E-state index in [4.69, 9.17) is 5.11 Å². The molecule has 11 heavy (non-hydrogen) atoms. The molecule has 0 radical (unpaired) electrons. The molecule has 1 unspecified atom stereocenters. The number of hydrogen-bond donors (Lipinski definition) is 1. The van der Waals surface area contributed by atoms with Gasteiger partial charge in [0.05, 0.1) is 5.92 Å². The van der Waals surface area contributed by atoms with E-state index < -0.39 is 5.97 Å². The third kappa shape index (κ3) is 1.26. The minimum Gasteiger partial charge on any atom is -0.481 e. The van der Waals surface area contributed by atoms with E-state index in [1.165, 1.54) is 0 Å². The number of hydrogen-bond acceptors (Lipinski definition) is 1. The minimum atomic E-state index is -0.626. The Kier molecular flexibility index (Phi) is 1.95. The standard InChI is InChI=1S/C9H16O2/c1-6-4-5-7(8(10)11)9(6,2)3/h6-7H,4-5H2,1-3H3,(H,10,11)/t6?,7-/m1/s1. The van der Waals surface area contributed by atoms with Gasteiger partial charge in [-0.1, -0.05) is 20.8 Å². The molecule has 2 nitrogen and oxygen atoms in total. The molecule has 1 saturated carbocycles. The van der Waals surface area contributed by atoms with Gasteiger partial charge in [0.15, 0.2) is 0 Å². The van der Waals surface area contributed by atoms with Crippen LogP contribution in [0.3, 0.4) is 0 Å². The molecule has 1 rings (SSSR count). The van der Waals surface area contributed by atoms with E-state index in [9.17, 15) is 4.79 Å². The van der Waals surface area contributed by atoms with Crippen LogP contribution >= 0.6 is 0 Å². The molecule has 0 saturated heterocycles. The molecule has 1 aliphatic rings. The van der Waals surface area contributed by atoms with Crippen molar-refractivity contribution < 1.29 is 9.90 Å². The highest BCUT2D eigenvalue weighted by Crippen LogP contribution is 2.46. The summed E-state index contributed by atoms with van der Waals surface area (Å²) in [5, 5.41) is 8.87. The molecular formula is C9H16O2. The second-order valence-electron chi connectivity index (χ2n) is 4.19. The Hall–Kier alpha value is -0.530. The molecule has 0 aromatic carbocycles. The lowest BCUT2D eigenvalue weighted by Gasteiger charge is -2.28. The predicted octanol–water partition coefficient (Wildman–Crippen LogP) is 2.14. The molecule has 2 atom stereocenters. The highest BCUT2D eigenvalue weighted by molar-refractivity contribution is 5.71. The zero-order valence-electron chi connectivity index (χ0n) is 7.42. The van der Waals surface area contributed by atoms with E-state index in [0.717, 1.165) is 12.8 Å². The first-order valence-corrected chi connectivity index (χ1v) is 4.19. The van der Waals surface area contributed by atoms with Crippen LogP contribution in [0.15, 0.2) is 0 Å². The third-order valence-electron chi connectivity index (χ3n) is 3.35. The van der Waals surface area contributed by atoms with Gasteiger partial charge in [0.25, 0.3) is 0 Å². The van der Waals surface area contributed by atoms with Gasteiger partial charge in [0.1, 0.15) is 0 Å². The summed E-state index contributed by atoms with van der Waals surface area (Å²) in [6.45, 7) is 6.26. The number of carboxylic acids is 1. The Morgan fingerprint density at radius 3 is 2.18 bits per heavy atom. The van der Waals surface area contributed by atoms with Crippen LogP contribution in [0.2, 0.25) is 0 Å². The minimum absolute atomic E-state index is 0.00810. The van der Waals surface area contributed by atoms with Gasteiger partial charge in [-0.05, 0) is 24.2 Å². The third-order valence-corrected chi connectivity index (χ3v) is 3.35. The van der Waals surface area contributed by atoms with Crippen LogP contribution in [0, 0.1) is 17.3 Å². The maximum atomic E-state index is 10.8. The maximum Gasteiger partial charge on any atom is 0.307 e. The molecule has 1 N–H and O–H groups in total. The second-order valence-corrected chi connectivity index (χ2v) is 4.19. The van der Waals surface area contributed by atoms with E-state index in [1.807, 2.05) is 0 Å². The zero-order chi connectivity index (χ0) is 8.65. The molecular weight excluding hydrogens is 140 g/mol. The summed E-state index contributed by atoms with van der Waals surface area (Å²) in [5.41, 5.74) is -0.00810. The summed E-state index contributed by atoms with van der Waals surface area (Å²) in [6, 6.07) is 0. The van der Waals surface area contributed by atoms with Crippen molar-refractivity contribution >= 4 is 5.97 Å². The number of aliphatic carboxylic acids is 1. The van der Waals surface area contributed by atoms with Crippen molar-refractivity contribution in [1.82, 2.24) is 0 Å². The summed E-state index contributed by atoms with van der Waals surface area (Å²) in [4.78, 5) is 10.8. The molecule has 2 heteroatoms. The molecule has 0 amide bonds. The lowest BCUT2D eigenvalue weighted by molar-refractivity contribution is -0.145. The highest BCUT2D eigenvalue weighted by Gasteiger charge is 2.44. The van der Waals surface area contributed by atoms with Crippen molar-refractivity contribution in [1.29, 1.82) is 0 Å². The van der Waals surface area contributed by atoms with E-state index in [2.05, 4.69) is 20.8 Å². The summed E-state index contributed by atoms with van der Waals surface area (Å²) in [6.07, 6.45) is 1.91. The van der Waals surface area contributed by atoms with Crippen LogP contribution in [0.25, 0.3) is 0 Å². The van der Waals surface area contributed by atoms with Crippen LogP contribution in [-0.2, 0) is 4.79 Å². The van der Waals surface area contributed by atoms with Crippen molar-refractivity contribution in [3.63, 3.8) is 0 Å². The maximum absolute atomic E-state index is 10.8. The summed E-state index contributed by atoms with van der Waals surface area (Å²) >= 11 is 0. The van der Waals surface area contributed by atoms with Gasteiger partial charge in [-0.3, -0.25) is 4.79 Å². The van der Waals surface area contributed by atoms with Crippen molar-refractivity contribution in [2.24, 2.45) is 17.3 Å². The number of rotatable bonds is 1. The van der Waals surface area contributed by atoms with Gasteiger partial charge in [-0.2, -0.15) is 0 Å². The molecule has 1 aliphatic carbocycles. The SMILES string of the molecule is CC1CC[C@H](C(=O)O)C1(C)C. The first-order chi connectivity index (χ1) is 4.96. The van der Waals surface area contributed by atoms with Crippen LogP contribution in [-0.4, -0.2) is 11.1 Å². The van der Waals surface area contributed by atoms with Gasteiger partial charge in [0.2, 0.25) is 0 Å². The second kappa shape index (κ2) is 2.50. The highest BCUT2D eigenvalue weighted by atomic mass is 16.4. The van der Waals surface area contributed by atoms with Crippen molar-refractivity contribution in [3.05, 3.63) is 0 Å². The van der Waals surface area contributed by atoms with Crippen LogP contribution in [0.1, 0.15) is 33.6 Å². The van der Waals surface area contributed by atoms with Gasteiger partial charge < -0.3 is 5.11 Å². The van der Waals surface area contributed by atoms with Crippen LogP contribution in [0.5, 0.6) is 0 Å². The number of carbonyl (C=O) groups is 1. The monoisotopic (exact) mass is 156 g/mol. The van der Waals surface area contributed by atoms with Gasteiger partial charge in [-0.15, -0.1) is 0 Å². The van der Waals surface area contributed by atoms with Gasteiger partial charge in [0, 0.05) is 0 Å². The Morgan fingerprint density at radius 1 is 1.45 bits per heavy atom. The summed E-state index contributed by atoms with van der Waals surface area (Å²) in [5.74, 6) is -0.208. The lowest BCUT2D eigenvalue weighted by atomic mass is 9.76. The molecule has 1 fully saturated rings. The first kappa shape index (κ1) is 8.57. The molecule has 64 valence electrons. The Labute approximate surface area is 67.6 Å². The fourth-order valence-electron chi connectivity index (χ4n) is 1.95. The summed E-state index contributed by atoms with van der Waals surface area (Å²) in [7, 11) is 0. The number of carboxylic acid groups (broad SMARTS) is 1. The Morgan fingerprint density at radius 2 is 2.00 bits per heavy atom. The fraction of sp³-hybridized carbons (Fsp3) is 0.889. The molecule has 0 spiro atoms. The van der Waals surface area contributed by atoms with Gasteiger partial charge in [-0.25, -0.2) is 0 Å². The summed E-state index contributed by atoms with van der Waals surface area (Å²) < 4.78 is 0. The Bertz CT molecular complexity index is 172. The normalized spacial score (nSPS) is 35.5. The molecule has 0 aromatic heterocycles. The topological polar surface area (TPSA) is 37.3 Å². The fourth-order valence-corrected chi connectivity index (χ4v) is 1.95. The van der Waals surface area contributed by atoms with E-state index in [-0.39, 0.29) is 11.3 Å². The van der Waals surface area contributed by atoms with E-state index in [1.54, 1.807) is 0 Å². The molecule has 0 bridgehead atoms.